The summed E-state index contributed by atoms with van der Waals surface area (Å²) in [6, 6.07) is 5.61. The topological polar surface area (TPSA) is 34.4 Å². The summed E-state index contributed by atoms with van der Waals surface area (Å²) >= 11 is 0. The van der Waals surface area contributed by atoms with Gasteiger partial charge in [-0.1, -0.05) is 68.8 Å². The van der Waals surface area contributed by atoms with Gasteiger partial charge >= 0.3 is 0 Å². The van der Waals surface area contributed by atoms with E-state index in [0.717, 1.165) is 16.2 Å². The fourth-order valence-corrected chi connectivity index (χ4v) is 3.03. The van der Waals surface area contributed by atoms with Crippen LogP contribution in [-0.2, 0) is 0 Å². The van der Waals surface area contributed by atoms with Crippen LogP contribution in [0.5, 0.6) is 0 Å². The molecule has 3 nitrogen and oxygen atoms in total. The third-order valence-electron chi connectivity index (χ3n) is 4.07. The van der Waals surface area contributed by atoms with Crippen molar-refractivity contribution in [2.24, 2.45) is 0 Å². The van der Waals surface area contributed by atoms with Crippen molar-refractivity contribution in [2.45, 2.75) is 0 Å². The summed E-state index contributed by atoms with van der Waals surface area (Å²) in [5, 5.41) is 2.27. The van der Waals surface area contributed by atoms with Gasteiger partial charge in [-0.2, -0.15) is 0 Å². The average Bonchev–Trinajstić information content (AvgIpc) is 3.01. The monoisotopic (exact) mass is 326 g/mol. The van der Waals surface area contributed by atoms with Gasteiger partial charge in [0.25, 0.3) is 5.56 Å². The zero-order valence-electron chi connectivity index (χ0n) is 13.9. The highest BCUT2D eigenvalue weighted by molar-refractivity contribution is 5.94. The first-order chi connectivity index (χ1) is 12.2. The second kappa shape index (κ2) is 6.57. The van der Waals surface area contributed by atoms with Gasteiger partial charge in [0.2, 0.25) is 0 Å². The van der Waals surface area contributed by atoms with Crippen LogP contribution in [0.3, 0.4) is 0 Å². The molecule has 0 bridgehead atoms. The number of benzene rings is 1. The molecule has 2 aromatic heterocycles. The minimum atomic E-state index is -0.126. The molecule has 25 heavy (non-hydrogen) atoms. The highest BCUT2D eigenvalue weighted by Crippen LogP contribution is 2.18. The summed E-state index contributed by atoms with van der Waals surface area (Å²) in [6.07, 6.45) is 12.2. The van der Waals surface area contributed by atoms with E-state index in [1.54, 1.807) is 34.8 Å². The fourth-order valence-electron chi connectivity index (χ4n) is 3.03. The molecule has 3 aromatic rings. The standard InChI is InChI=1S/C22H18N2O/c1-5-9-14-19-18(8-4)23-21-16(11-6-2)20-15(7-3)12-10-13-17(20)22(25)24(19)21/h5-14H,1-4H2/b14-9-,16-11+. The predicted octanol–water partition coefficient (Wildman–Crippen LogP) is 4.02. The molecular weight excluding hydrogens is 308 g/mol. The van der Waals surface area contributed by atoms with E-state index in [2.05, 4.69) is 31.3 Å². The van der Waals surface area contributed by atoms with Crippen molar-refractivity contribution < 1.29 is 0 Å². The van der Waals surface area contributed by atoms with Crippen molar-refractivity contribution >= 4 is 40.7 Å². The van der Waals surface area contributed by atoms with Crippen molar-refractivity contribution in [1.82, 2.24) is 9.38 Å². The minimum absolute atomic E-state index is 0.126. The second-order valence-corrected chi connectivity index (χ2v) is 5.44. The molecule has 0 amide bonds. The van der Waals surface area contributed by atoms with E-state index in [4.69, 9.17) is 0 Å². The zero-order chi connectivity index (χ0) is 18.0. The van der Waals surface area contributed by atoms with Crippen LogP contribution in [0.1, 0.15) is 17.0 Å². The maximum absolute atomic E-state index is 13.2. The summed E-state index contributed by atoms with van der Waals surface area (Å²) in [5.74, 6) is 0. The average molecular weight is 326 g/mol. The van der Waals surface area contributed by atoms with Gasteiger partial charge in [0.1, 0.15) is 5.65 Å². The molecule has 0 aliphatic rings. The molecule has 122 valence electrons. The maximum Gasteiger partial charge on any atom is 0.264 e. The molecule has 0 radical (unpaired) electrons. The van der Waals surface area contributed by atoms with Crippen molar-refractivity contribution in [3.05, 3.63) is 95.3 Å². The first-order valence-electron chi connectivity index (χ1n) is 7.85. The van der Waals surface area contributed by atoms with Crippen molar-refractivity contribution in [2.75, 3.05) is 0 Å². The molecular formula is C22H18N2O. The normalized spacial score (nSPS) is 12.1. The lowest BCUT2D eigenvalue weighted by molar-refractivity contribution is 1.11. The number of rotatable bonds is 5. The first kappa shape index (κ1) is 16.4. The Kier molecular flexibility index (Phi) is 4.31. The highest BCUT2D eigenvalue weighted by Gasteiger charge is 2.16. The molecule has 0 spiro atoms. The van der Waals surface area contributed by atoms with E-state index in [-0.39, 0.29) is 5.56 Å². The van der Waals surface area contributed by atoms with Gasteiger partial charge < -0.3 is 0 Å². The quantitative estimate of drug-likeness (QED) is 0.664. The number of aromatic nitrogens is 2. The van der Waals surface area contributed by atoms with E-state index in [9.17, 15) is 4.79 Å². The number of imidazole rings is 1. The van der Waals surface area contributed by atoms with Crippen LogP contribution in [0.25, 0.3) is 40.7 Å². The van der Waals surface area contributed by atoms with Crippen LogP contribution < -0.4 is 10.8 Å². The molecule has 0 aliphatic heterocycles. The Balaban J connectivity index is 2.73. The highest BCUT2D eigenvalue weighted by atomic mass is 16.1. The Bertz CT molecular complexity index is 1180. The van der Waals surface area contributed by atoms with Crippen LogP contribution in [0, 0.1) is 0 Å². The summed E-state index contributed by atoms with van der Waals surface area (Å²) in [7, 11) is 0. The molecule has 0 fully saturated rings. The number of fused-ring (bicyclic) bond motifs is 2. The van der Waals surface area contributed by atoms with E-state index in [0.29, 0.717) is 22.4 Å². The van der Waals surface area contributed by atoms with Crippen molar-refractivity contribution in [3.8, 4) is 0 Å². The molecule has 2 heterocycles. The SMILES string of the molecule is C=C/C=C\c1c(C=C)nc2/c(=C/C=C)c3c(C=C)cccc3c(=O)n12. The lowest BCUT2D eigenvalue weighted by Gasteiger charge is -2.06. The Morgan fingerprint density at radius 3 is 2.48 bits per heavy atom. The zero-order valence-corrected chi connectivity index (χ0v) is 13.9. The number of hydrogen-bond acceptors (Lipinski definition) is 2. The summed E-state index contributed by atoms with van der Waals surface area (Å²) in [4.78, 5) is 17.8. The van der Waals surface area contributed by atoms with E-state index >= 15 is 0 Å². The van der Waals surface area contributed by atoms with E-state index in [1.165, 1.54) is 0 Å². The van der Waals surface area contributed by atoms with Gasteiger partial charge in [0.15, 0.2) is 0 Å². The lowest BCUT2D eigenvalue weighted by atomic mass is 10.0. The summed E-state index contributed by atoms with van der Waals surface area (Å²) in [5.41, 5.74) is 2.66. The van der Waals surface area contributed by atoms with Gasteiger partial charge in [-0.3, -0.25) is 9.20 Å². The van der Waals surface area contributed by atoms with Crippen molar-refractivity contribution in [3.63, 3.8) is 0 Å². The molecule has 1 aromatic carbocycles. The minimum Gasteiger partial charge on any atom is -0.268 e. The number of pyridine rings is 1. The molecule has 0 atom stereocenters. The lowest BCUT2D eigenvalue weighted by Crippen LogP contribution is -2.22. The largest absolute Gasteiger partial charge is 0.268 e. The molecule has 0 unspecified atom stereocenters. The van der Waals surface area contributed by atoms with Gasteiger partial charge in [-0.05, 0) is 23.8 Å². The van der Waals surface area contributed by atoms with Gasteiger partial charge in [-0.15, -0.1) is 0 Å². The maximum atomic E-state index is 13.2. The smallest absolute Gasteiger partial charge is 0.264 e. The van der Waals surface area contributed by atoms with Gasteiger partial charge in [0.05, 0.1) is 11.4 Å². The molecule has 0 aliphatic carbocycles. The van der Waals surface area contributed by atoms with Crippen LogP contribution >= 0.6 is 0 Å². The van der Waals surface area contributed by atoms with Gasteiger partial charge in [-0.25, -0.2) is 4.98 Å². The summed E-state index contributed by atoms with van der Waals surface area (Å²) < 4.78 is 1.61. The Morgan fingerprint density at radius 2 is 1.84 bits per heavy atom. The fraction of sp³-hybridized carbons (Fsp3) is 0. The summed E-state index contributed by atoms with van der Waals surface area (Å²) in [6.45, 7) is 15.2. The Hall–Kier alpha value is -3.46. The molecule has 3 heteroatoms. The predicted molar refractivity (Wildman–Crippen MR) is 108 cm³/mol. The van der Waals surface area contributed by atoms with Crippen LogP contribution in [0.4, 0.5) is 0 Å². The van der Waals surface area contributed by atoms with Crippen LogP contribution in [0.2, 0.25) is 0 Å². The molecule has 0 saturated heterocycles. The third-order valence-corrected chi connectivity index (χ3v) is 4.07. The first-order valence-corrected chi connectivity index (χ1v) is 7.85. The molecule has 0 N–H and O–H groups in total. The van der Waals surface area contributed by atoms with E-state index in [1.807, 2.05) is 30.4 Å². The second-order valence-electron chi connectivity index (χ2n) is 5.44. The molecule has 3 rings (SSSR count). The van der Waals surface area contributed by atoms with Crippen LogP contribution in [-0.4, -0.2) is 9.38 Å². The third kappa shape index (κ3) is 2.46. The Labute approximate surface area is 145 Å². The number of hydrogen-bond donors (Lipinski definition) is 0. The van der Waals surface area contributed by atoms with Crippen molar-refractivity contribution in [1.29, 1.82) is 0 Å². The van der Waals surface area contributed by atoms with Gasteiger partial charge in [0, 0.05) is 16.0 Å². The number of allylic oxidation sites excluding steroid dienone is 3. The van der Waals surface area contributed by atoms with Crippen LogP contribution in [0.15, 0.2) is 67.5 Å². The Morgan fingerprint density at radius 1 is 1.04 bits per heavy atom. The van der Waals surface area contributed by atoms with E-state index < -0.39 is 0 Å². The number of nitrogens with zero attached hydrogens (tertiary/aromatic N) is 2. The molecule has 0 saturated carbocycles.